The van der Waals surface area contributed by atoms with Crippen molar-refractivity contribution in [1.29, 1.82) is 0 Å². The molecule has 1 spiro atoms. The van der Waals surface area contributed by atoms with Crippen LogP contribution < -0.4 is 0 Å². The number of fused-ring (bicyclic) bond motifs is 15. The Morgan fingerprint density at radius 2 is 0.859 bits per heavy atom. The van der Waals surface area contributed by atoms with Crippen molar-refractivity contribution in [2.24, 2.45) is 0 Å². The number of para-hydroxylation sites is 1. The van der Waals surface area contributed by atoms with Gasteiger partial charge in [0.2, 0.25) is 0 Å². The summed E-state index contributed by atoms with van der Waals surface area (Å²) in [6.45, 7) is 0. The van der Waals surface area contributed by atoms with Gasteiger partial charge in [0.1, 0.15) is 11.2 Å². The molecule has 71 heavy (non-hydrogen) atoms. The molecular weight excluding hydrogens is 877 g/mol. The molecule has 11 aromatic carbocycles. The largest absolute Gasteiger partial charge is 0.456 e. The van der Waals surface area contributed by atoms with Crippen molar-refractivity contribution in [1.82, 2.24) is 0 Å². The Bertz CT molecular complexity index is 4010. The standard InChI is InChI=1S/C69H44OS/c1-4-22-44(23-5-1)55-42-45(43-60-67(55)71-63-41-19-17-38-59(63)69(60)57-36-15-10-28-48(57)49-29-11-16-37-58(49)69)64(53-33-21-40-62-65(53)52-31-13-18-39-61(52)70-62)54-34-20-32-51-50-30-12-14-35-56(50)68(66(51)54,46-24-6-2-7-25-46)47-26-8-3-9-27-47/h1-43,64H. The topological polar surface area (TPSA) is 13.1 Å². The molecule has 2 heteroatoms. The molecule has 1 atom stereocenters. The first kappa shape index (κ1) is 40.5. The number of furan rings is 1. The lowest BCUT2D eigenvalue weighted by Gasteiger charge is -2.41. The number of hydrogen-bond acceptors (Lipinski definition) is 2. The molecule has 0 radical (unpaired) electrons. The minimum Gasteiger partial charge on any atom is -0.456 e. The van der Waals surface area contributed by atoms with E-state index in [-0.39, 0.29) is 5.92 Å². The van der Waals surface area contributed by atoms with Crippen LogP contribution in [0.15, 0.2) is 275 Å². The lowest BCUT2D eigenvalue weighted by molar-refractivity contribution is 0.668. The zero-order valence-electron chi connectivity index (χ0n) is 38.7. The quantitative estimate of drug-likeness (QED) is 0.154. The molecule has 12 aromatic rings. The van der Waals surface area contributed by atoms with Crippen molar-refractivity contribution in [3.05, 3.63) is 322 Å². The maximum atomic E-state index is 6.81. The van der Waals surface area contributed by atoms with Crippen LogP contribution >= 0.6 is 11.8 Å². The van der Waals surface area contributed by atoms with Gasteiger partial charge in [-0.05, 0) is 119 Å². The fraction of sp³-hybridized carbons (Fsp3) is 0.0435. The lowest BCUT2D eigenvalue weighted by Crippen LogP contribution is -2.33. The highest BCUT2D eigenvalue weighted by Crippen LogP contribution is 2.65. The van der Waals surface area contributed by atoms with Gasteiger partial charge in [-0.15, -0.1) is 0 Å². The van der Waals surface area contributed by atoms with Crippen LogP contribution in [0, 0.1) is 0 Å². The van der Waals surface area contributed by atoms with Gasteiger partial charge in [-0.2, -0.15) is 0 Å². The molecule has 0 N–H and O–H groups in total. The minimum absolute atomic E-state index is 0.255. The van der Waals surface area contributed by atoms with Gasteiger partial charge in [0.05, 0.1) is 10.8 Å². The van der Waals surface area contributed by atoms with Crippen LogP contribution in [-0.2, 0) is 10.8 Å². The second-order valence-electron chi connectivity index (χ2n) is 19.3. The highest BCUT2D eigenvalue weighted by atomic mass is 32.2. The molecule has 15 rings (SSSR count). The van der Waals surface area contributed by atoms with E-state index in [1.807, 2.05) is 11.8 Å². The Labute approximate surface area is 417 Å². The van der Waals surface area contributed by atoms with E-state index >= 15 is 0 Å². The van der Waals surface area contributed by atoms with Gasteiger partial charge in [-0.25, -0.2) is 0 Å². The molecule has 1 unspecified atom stereocenters. The summed E-state index contributed by atoms with van der Waals surface area (Å²) >= 11 is 1.92. The van der Waals surface area contributed by atoms with E-state index in [0.29, 0.717) is 0 Å². The van der Waals surface area contributed by atoms with Crippen molar-refractivity contribution < 1.29 is 4.42 Å². The van der Waals surface area contributed by atoms with Gasteiger partial charge in [0, 0.05) is 26.5 Å². The predicted octanol–water partition coefficient (Wildman–Crippen LogP) is 17.6. The van der Waals surface area contributed by atoms with E-state index in [4.69, 9.17) is 4.42 Å². The van der Waals surface area contributed by atoms with Gasteiger partial charge in [0.15, 0.2) is 0 Å². The number of hydrogen-bond donors (Lipinski definition) is 0. The zero-order valence-corrected chi connectivity index (χ0v) is 39.5. The molecule has 0 saturated heterocycles. The Morgan fingerprint density at radius 1 is 0.352 bits per heavy atom. The van der Waals surface area contributed by atoms with Crippen molar-refractivity contribution in [2.75, 3.05) is 0 Å². The van der Waals surface area contributed by atoms with Crippen LogP contribution in [0.4, 0.5) is 0 Å². The summed E-state index contributed by atoms with van der Waals surface area (Å²) in [5.74, 6) is -0.255. The Kier molecular flexibility index (Phi) is 8.85. The highest BCUT2D eigenvalue weighted by molar-refractivity contribution is 7.99. The normalized spacial score (nSPS) is 14.6. The van der Waals surface area contributed by atoms with Gasteiger partial charge >= 0.3 is 0 Å². The third-order valence-electron chi connectivity index (χ3n) is 16.0. The van der Waals surface area contributed by atoms with E-state index in [0.717, 1.165) is 21.9 Å². The summed E-state index contributed by atoms with van der Waals surface area (Å²) in [5, 5.41) is 2.27. The van der Waals surface area contributed by atoms with Crippen LogP contribution in [0.1, 0.15) is 67.1 Å². The van der Waals surface area contributed by atoms with E-state index < -0.39 is 10.8 Å². The first-order valence-electron chi connectivity index (χ1n) is 24.7. The van der Waals surface area contributed by atoms with Crippen LogP contribution in [0.3, 0.4) is 0 Å². The van der Waals surface area contributed by atoms with Crippen molar-refractivity contribution in [3.63, 3.8) is 0 Å². The van der Waals surface area contributed by atoms with Gasteiger partial charge < -0.3 is 4.42 Å². The van der Waals surface area contributed by atoms with Crippen LogP contribution in [0.2, 0.25) is 0 Å². The highest BCUT2D eigenvalue weighted by Gasteiger charge is 2.52. The molecule has 3 aliphatic rings. The molecule has 0 amide bonds. The summed E-state index contributed by atoms with van der Waals surface area (Å²) < 4.78 is 6.81. The molecular formula is C69H44OS. The Hall–Kier alpha value is -8.43. The molecule has 1 nitrogen and oxygen atoms in total. The summed E-state index contributed by atoms with van der Waals surface area (Å²) in [6.07, 6.45) is 0. The van der Waals surface area contributed by atoms with Gasteiger partial charge in [-0.3, -0.25) is 0 Å². The average molecular weight is 921 g/mol. The van der Waals surface area contributed by atoms with Crippen LogP contribution in [0.25, 0.3) is 55.3 Å². The molecule has 332 valence electrons. The molecule has 1 aliphatic heterocycles. The number of benzene rings is 11. The fourth-order valence-electron chi connectivity index (χ4n) is 13.3. The molecule has 0 saturated carbocycles. The molecule has 2 aliphatic carbocycles. The van der Waals surface area contributed by atoms with Crippen molar-refractivity contribution >= 4 is 33.7 Å². The molecule has 1 aromatic heterocycles. The van der Waals surface area contributed by atoms with E-state index in [1.54, 1.807) is 0 Å². The minimum atomic E-state index is -0.633. The monoisotopic (exact) mass is 920 g/mol. The predicted molar refractivity (Wildman–Crippen MR) is 292 cm³/mol. The summed E-state index contributed by atoms with van der Waals surface area (Å²) in [5.41, 5.74) is 22.3. The van der Waals surface area contributed by atoms with Gasteiger partial charge in [-0.1, -0.05) is 248 Å². The first-order valence-corrected chi connectivity index (χ1v) is 25.5. The third-order valence-corrected chi connectivity index (χ3v) is 17.2. The second-order valence-corrected chi connectivity index (χ2v) is 20.4. The Balaban J connectivity index is 1.13. The molecule has 0 bridgehead atoms. The smallest absolute Gasteiger partial charge is 0.135 e. The van der Waals surface area contributed by atoms with Crippen molar-refractivity contribution in [3.8, 4) is 33.4 Å². The fourth-order valence-corrected chi connectivity index (χ4v) is 14.6. The van der Waals surface area contributed by atoms with E-state index in [2.05, 4.69) is 261 Å². The Morgan fingerprint density at radius 3 is 1.55 bits per heavy atom. The van der Waals surface area contributed by atoms with Crippen LogP contribution in [0.5, 0.6) is 0 Å². The lowest BCUT2D eigenvalue weighted by atomic mass is 9.64. The van der Waals surface area contributed by atoms with Gasteiger partial charge in [0.25, 0.3) is 0 Å². The van der Waals surface area contributed by atoms with Crippen molar-refractivity contribution in [2.45, 2.75) is 26.5 Å². The van der Waals surface area contributed by atoms with Crippen LogP contribution in [-0.4, -0.2) is 0 Å². The van der Waals surface area contributed by atoms with E-state index in [1.165, 1.54) is 104 Å². The summed E-state index contributed by atoms with van der Waals surface area (Å²) in [4.78, 5) is 2.58. The first-order chi connectivity index (χ1) is 35.2. The van der Waals surface area contributed by atoms with E-state index in [9.17, 15) is 0 Å². The third kappa shape index (κ3) is 5.54. The molecule has 0 fully saturated rings. The number of rotatable bonds is 6. The SMILES string of the molecule is c1ccc(-c2cc(C(c3cccc4c3C(c3ccccc3)(c3ccccc3)c3ccccc3-4)c3cccc4oc5ccccc5c34)cc3c2Sc2ccccc2C32c3ccccc3-c3ccccc32)cc1. The summed E-state index contributed by atoms with van der Waals surface area (Å²) in [7, 11) is 0. The maximum absolute atomic E-state index is 6.81. The molecule has 2 heterocycles. The average Bonchev–Trinajstić information content (AvgIpc) is 4.09. The maximum Gasteiger partial charge on any atom is 0.135 e. The zero-order chi connectivity index (χ0) is 46.7. The second kappa shape index (κ2) is 15.5. The summed E-state index contributed by atoms with van der Waals surface area (Å²) in [6, 6.07) is 97.9.